The van der Waals surface area contributed by atoms with E-state index in [-0.39, 0.29) is 25.0 Å². The van der Waals surface area contributed by atoms with E-state index in [4.69, 9.17) is 0 Å². The summed E-state index contributed by atoms with van der Waals surface area (Å²) in [5, 5.41) is 9.19. The first-order valence-electron chi connectivity index (χ1n) is 10.2. The van der Waals surface area contributed by atoms with E-state index in [1.54, 1.807) is 12.4 Å². The first kappa shape index (κ1) is 20.3. The molecule has 0 aliphatic carbocycles. The molecule has 2 aliphatic rings. The molecule has 2 aliphatic heterocycles. The number of aliphatic hydroxyl groups excluding tert-OH is 1. The summed E-state index contributed by atoms with van der Waals surface area (Å²) in [5.41, 5.74) is 3.70. The Morgan fingerprint density at radius 1 is 0.933 bits per heavy atom. The van der Waals surface area contributed by atoms with Crippen LogP contribution in [0, 0.1) is 6.92 Å². The van der Waals surface area contributed by atoms with Crippen molar-refractivity contribution in [2.24, 2.45) is 0 Å². The summed E-state index contributed by atoms with van der Waals surface area (Å²) in [7, 11) is 0. The Hall–Kier alpha value is -3.03. The lowest BCUT2D eigenvalue weighted by atomic mass is 10.0. The Bertz CT molecular complexity index is 948. The molecule has 0 atom stereocenters. The van der Waals surface area contributed by atoms with Crippen LogP contribution >= 0.6 is 0 Å². The third-order valence-electron chi connectivity index (χ3n) is 5.68. The number of piperazine rings is 1. The number of carbonyl (C=O) groups excluding carboxylic acids is 2. The van der Waals surface area contributed by atoms with Crippen LogP contribution in [0.2, 0.25) is 0 Å². The molecule has 0 spiro atoms. The molecule has 0 radical (unpaired) electrons. The molecule has 2 aromatic rings. The van der Waals surface area contributed by atoms with Crippen LogP contribution in [0.15, 0.2) is 54.5 Å². The maximum atomic E-state index is 13.4. The first-order chi connectivity index (χ1) is 14.6. The number of nitrogens with zero attached hydrogens (tertiary/aromatic N) is 4. The fraction of sp³-hybridized carbons (Fsp3) is 0.348. The first-order valence-corrected chi connectivity index (χ1v) is 10.2. The lowest BCUT2D eigenvalue weighted by molar-refractivity contribution is -0.138. The Morgan fingerprint density at radius 2 is 1.60 bits per heavy atom. The van der Waals surface area contributed by atoms with Crippen molar-refractivity contribution in [3.63, 3.8) is 0 Å². The van der Waals surface area contributed by atoms with Crippen molar-refractivity contribution in [1.29, 1.82) is 0 Å². The molecule has 7 nitrogen and oxygen atoms in total. The second kappa shape index (κ2) is 8.77. The van der Waals surface area contributed by atoms with Crippen molar-refractivity contribution < 1.29 is 14.7 Å². The van der Waals surface area contributed by atoms with Gasteiger partial charge in [-0.15, -0.1) is 0 Å². The number of aromatic nitrogens is 1. The van der Waals surface area contributed by atoms with Crippen molar-refractivity contribution in [2.45, 2.75) is 13.5 Å². The van der Waals surface area contributed by atoms with Gasteiger partial charge in [0.2, 0.25) is 0 Å². The van der Waals surface area contributed by atoms with Gasteiger partial charge in [0, 0.05) is 45.1 Å². The number of pyridine rings is 1. The minimum atomic E-state index is -0.256. The van der Waals surface area contributed by atoms with Gasteiger partial charge in [-0.1, -0.05) is 29.8 Å². The maximum Gasteiger partial charge on any atom is 0.278 e. The molecule has 1 saturated heterocycles. The molecule has 0 unspecified atom stereocenters. The number of imide groups is 1. The lowest BCUT2D eigenvalue weighted by Crippen LogP contribution is -2.48. The second-order valence-electron chi connectivity index (χ2n) is 7.69. The highest BCUT2D eigenvalue weighted by Gasteiger charge is 2.42. The molecule has 2 amide bonds. The number of benzene rings is 1. The molecule has 30 heavy (non-hydrogen) atoms. The van der Waals surface area contributed by atoms with Crippen LogP contribution in [0.3, 0.4) is 0 Å². The van der Waals surface area contributed by atoms with Crippen LogP contribution in [0.5, 0.6) is 0 Å². The number of hydrogen-bond acceptors (Lipinski definition) is 6. The van der Waals surface area contributed by atoms with Gasteiger partial charge in [0.25, 0.3) is 11.8 Å². The second-order valence-corrected chi connectivity index (χ2v) is 7.69. The molecule has 0 bridgehead atoms. The number of β-amino-alcohol motifs (C(OH)–C–C–N with tert-alkyl or cyclic N) is 1. The highest BCUT2D eigenvalue weighted by atomic mass is 16.3. The van der Waals surface area contributed by atoms with Crippen molar-refractivity contribution in [3.8, 4) is 0 Å². The van der Waals surface area contributed by atoms with Crippen molar-refractivity contribution in [2.75, 3.05) is 39.3 Å². The number of carbonyl (C=O) groups is 2. The van der Waals surface area contributed by atoms with E-state index in [9.17, 15) is 14.7 Å². The summed E-state index contributed by atoms with van der Waals surface area (Å²) in [5.74, 6) is -0.503. The minimum Gasteiger partial charge on any atom is -0.395 e. The van der Waals surface area contributed by atoms with Crippen molar-refractivity contribution >= 4 is 17.4 Å². The van der Waals surface area contributed by atoms with E-state index in [1.165, 1.54) is 4.90 Å². The highest BCUT2D eigenvalue weighted by Crippen LogP contribution is 2.33. The predicted molar refractivity (Wildman–Crippen MR) is 113 cm³/mol. The smallest absolute Gasteiger partial charge is 0.278 e. The fourth-order valence-corrected chi connectivity index (χ4v) is 3.99. The number of hydrogen-bond donors (Lipinski definition) is 1. The number of aliphatic hydroxyl groups is 1. The molecule has 1 aromatic heterocycles. The van der Waals surface area contributed by atoms with Crippen molar-refractivity contribution in [3.05, 3.63) is 71.2 Å². The molecular weight excluding hydrogens is 380 g/mol. The zero-order valence-corrected chi connectivity index (χ0v) is 17.1. The third kappa shape index (κ3) is 3.99. The van der Waals surface area contributed by atoms with Gasteiger partial charge in [0.15, 0.2) is 0 Å². The average molecular weight is 406 g/mol. The zero-order valence-electron chi connectivity index (χ0n) is 17.1. The van der Waals surface area contributed by atoms with Gasteiger partial charge in [0.1, 0.15) is 5.70 Å². The average Bonchev–Trinajstić information content (AvgIpc) is 3.01. The number of amides is 2. The van der Waals surface area contributed by atoms with E-state index < -0.39 is 0 Å². The molecule has 0 saturated carbocycles. The van der Waals surface area contributed by atoms with E-state index in [0.717, 1.165) is 29.8 Å². The minimum absolute atomic E-state index is 0.119. The van der Waals surface area contributed by atoms with E-state index in [1.807, 2.05) is 48.2 Å². The summed E-state index contributed by atoms with van der Waals surface area (Å²) in [6.07, 6.45) is 3.33. The topological polar surface area (TPSA) is 77.0 Å². The maximum absolute atomic E-state index is 13.4. The van der Waals surface area contributed by atoms with E-state index in [0.29, 0.717) is 30.9 Å². The predicted octanol–water partition coefficient (Wildman–Crippen LogP) is 1.28. The van der Waals surface area contributed by atoms with E-state index in [2.05, 4.69) is 9.88 Å². The Labute approximate surface area is 176 Å². The van der Waals surface area contributed by atoms with Crippen LogP contribution in [0.4, 0.5) is 0 Å². The fourth-order valence-electron chi connectivity index (χ4n) is 3.99. The summed E-state index contributed by atoms with van der Waals surface area (Å²) < 4.78 is 0. The van der Waals surface area contributed by atoms with Gasteiger partial charge >= 0.3 is 0 Å². The largest absolute Gasteiger partial charge is 0.395 e. The molecule has 4 rings (SSSR count). The van der Waals surface area contributed by atoms with Crippen LogP contribution in [-0.4, -0.2) is 75.9 Å². The third-order valence-corrected chi connectivity index (χ3v) is 5.68. The summed E-state index contributed by atoms with van der Waals surface area (Å²) >= 11 is 0. The molecule has 1 fully saturated rings. The normalized spacial score (nSPS) is 17.9. The van der Waals surface area contributed by atoms with Crippen molar-refractivity contribution in [1.82, 2.24) is 19.7 Å². The quantitative estimate of drug-likeness (QED) is 0.729. The Kier molecular flexibility index (Phi) is 5.92. The van der Waals surface area contributed by atoms with Gasteiger partial charge in [-0.25, -0.2) is 0 Å². The van der Waals surface area contributed by atoms with Gasteiger partial charge in [-0.05, 0) is 30.2 Å². The van der Waals surface area contributed by atoms with Gasteiger partial charge < -0.3 is 10.0 Å². The highest BCUT2D eigenvalue weighted by molar-refractivity contribution is 6.35. The monoisotopic (exact) mass is 406 g/mol. The van der Waals surface area contributed by atoms with E-state index >= 15 is 0 Å². The summed E-state index contributed by atoms with van der Waals surface area (Å²) in [4.78, 5) is 36.3. The van der Waals surface area contributed by atoms with Crippen LogP contribution in [0.1, 0.15) is 16.7 Å². The molecule has 3 heterocycles. The van der Waals surface area contributed by atoms with Gasteiger partial charge in [-0.3, -0.25) is 24.4 Å². The lowest BCUT2D eigenvalue weighted by Gasteiger charge is -2.36. The molecular formula is C23H26N4O3. The number of rotatable bonds is 6. The SMILES string of the molecule is Cc1ccc(C2=C(N3CCN(CCO)CC3)C(=O)N(Cc3ccncc3)C2=O)cc1. The van der Waals surface area contributed by atoms with Crippen LogP contribution in [0.25, 0.3) is 5.57 Å². The molecule has 1 N–H and O–H groups in total. The van der Waals surface area contributed by atoms with Crippen LogP contribution < -0.4 is 0 Å². The summed E-state index contributed by atoms with van der Waals surface area (Å²) in [6.45, 7) is 5.75. The van der Waals surface area contributed by atoms with Crippen LogP contribution in [-0.2, 0) is 16.1 Å². The summed E-state index contributed by atoms with van der Waals surface area (Å²) in [6, 6.07) is 11.4. The zero-order chi connectivity index (χ0) is 21.1. The molecule has 7 heteroatoms. The Balaban J connectivity index is 1.67. The molecule has 156 valence electrons. The van der Waals surface area contributed by atoms with Gasteiger partial charge in [0.05, 0.1) is 18.7 Å². The Morgan fingerprint density at radius 3 is 2.23 bits per heavy atom. The van der Waals surface area contributed by atoms with Gasteiger partial charge in [-0.2, -0.15) is 0 Å². The standard InChI is InChI=1S/C23H26N4O3/c1-17-2-4-19(5-3-17)20-21(26-12-10-25(11-13-26)14-15-28)23(30)27(22(20)29)16-18-6-8-24-9-7-18/h2-9,28H,10-16H2,1H3. The number of aryl methyl sites for hydroxylation is 1. The molecule has 1 aromatic carbocycles.